The van der Waals surface area contributed by atoms with Crippen molar-refractivity contribution in [2.24, 2.45) is 0 Å². The first-order valence-electron chi connectivity index (χ1n) is 9.16. The van der Waals surface area contributed by atoms with Crippen molar-refractivity contribution in [1.82, 2.24) is 4.98 Å². The minimum absolute atomic E-state index is 0.486. The summed E-state index contributed by atoms with van der Waals surface area (Å²) in [6.07, 6.45) is 1.11. The molecule has 0 amide bonds. The molecule has 1 aromatic carbocycles. The molecule has 4 heteroatoms. The van der Waals surface area contributed by atoms with Crippen molar-refractivity contribution in [3.05, 3.63) is 40.6 Å². The molecule has 1 N–H and O–H groups in total. The number of hydrogen-bond donors (Lipinski definition) is 1. The van der Waals surface area contributed by atoms with Gasteiger partial charge in [0.2, 0.25) is 0 Å². The van der Waals surface area contributed by atoms with Crippen LogP contribution in [0.15, 0.2) is 18.2 Å². The molecule has 0 saturated carbocycles. The Labute approximate surface area is 151 Å². The van der Waals surface area contributed by atoms with Gasteiger partial charge in [-0.15, -0.1) is 0 Å². The zero-order valence-corrected chi connectivity index (χ0v) is 16.2. The molecule has 1 aromatic heterocycles. The molecule has 1 unspecified atom stereocenters. The zero-order valence-electron chi connectivity index (χ0n) is 16.2. The van der Waals surface area contributed by atoms with Gasteiger partial charge >= 0.3 is 0 Å². The Bertz CT molecular complexity index is 762. The lowest BCUT2D eigenvalue weighted by Gasteiger charge is -2.36. The van der Waals surface area contributed by atoms with Crippen LogP contribution in [-0.4, -0.2) is 24.2 Å². The second-order valence-electron chi connectivity index (χ2n) is 7.16. The molecule has 1 aliphatic rings. The van der Waals surface area contributed by atoms with Crippen LogP contribution in [0.4, 0.5) is 17.2 Å². The normalized spacial score (nSPS) is 14.7. The number of hydrogen-bond acceptors (Lipinski definition) is 4. The van der Waals surface area contributed by atoms with Crippen molar-refractivity contribution in [1.29, 1.82) is 0 Å². The fourth-order valence-electron chi connectivity index (χ4n) is 3.62. The van der Waals surface area contributed by atoms with E-state index in [4.69, 9.17) is 9.72 Å². The summed E-state index contributed by atoms with van der Waals surface area (Å²) in [5.74, 6) is 1.69. The number of fused-ring (bicyclic) bond motifs is 1. The van der Waals surface area contributed by atoms with Gasteiger partial charge in [-0.25, -0.2) is 4.98 Å². The van der Waals surface area contributed by atoms with E-state index < -0.39 is 0 Å². The highest BCUT2D eigenvalue weighted by molar-refractivity contribution is 5.76. The van der Waals surface area contributed by atoms with Crippen molar-refractivity contribution in [3.8, 4) is 5.75 Å². The number of nitrogens with zero attached hydrogens (tertiary/aromatic N) is 2. The minimum atomic E-state index is 0.486. The van der Waals surface area contributed by atoms with Crippen LogP contribution >= 0.6 is 0 Å². The van der Waals surface area contributed by atoms with E-state index in [9.17, 15) is 0 Å². The van der Waals surface area contributed by atoms with E-state index >= 15 is 0 Å². The second-order valence-corrected chi connectivity index (χ2v) is 7.16. The highest BCUT2D eigenvalue weighted by atomic mass is 16.5. The first kappa shape index (κ1) is 17.6. The molecule has 4 nitrogen and oxygen atoms in total. The van der Waals surface area contributed by atoms with E-state index in [0.29, 0.717) is 12.6 Å². The summed E-state index contributed by atoms with van der Waals surface area (Å²) in [5, 5.41) is 3.55. The minimum Gasteiger partial charge on any atom is -0.486 e. The summed E-state index contributed by atoms with van der Waals surface area (Å²) in [6.45, 7) is 14.6. The molecular weight excluding hydrogens is 310 g/mol. The Morgan fingerprint density at radius 1 is 1.16 bits per heavy atom. The number of pyridine rings is 1. The fourth-order valence-corrected chi connectivity index (χ4v) is 3.62. The monoisotopic (exact) mass is 339 g/mol. The highest BCUT2D eigenvalue weighted by Crippen LogP contribution is 2.41. The fraction of sp³-hybridized carbons (Fsp3) is 0.476. The summed E-state index contributed by atoms with van der Waals surface area (Å²) < 4.78 is 6.04. The van der Waals surface area contributed by atoms with Gasteiger partial charge in [0.1, 0.15) is 6.61 Å². The molecule has 2 aromatic rings. The smallest absolute Gasteiger partial charge is 0.185 e. The van der Waals surface area contributed by atoms with Gasteiger partial charge in [-0.1, -0.05) is 24.6 Å². The van der Waals surface area contributed by atoms with Gasteiger partial charge in [-0.05, 0) is 58.2 Å². The summed E-state index contributed by atoms with van der Waals surface area (Å²) in [7, 11) is 0. The van der Waals surface area contributed by atoms with Gasteiger partial charge in [0.25, 0.3) is 0 Å². The molecule has 3 rings (SSSR count). The largest absolute Gasteiger partial charge is 0.486 e. The standard InChI is InChI=1S/C21H29N3O/c1-7-17(6)24-8-9-25-20-18(24)12-16(5)22-21(20)23-19-14(3)10-13(2)11-15(19)4/h10-12,17H,7-9H2,1-6H3,(H,22,23). The molecule has 0 spiro atoms. The maximum atomic E-state index is 6.04. The molecule has 2 heterocycles. The first-order valence-corrected chi connectivity index (χ1v) is 9.16. The Morgan fingerprint density at radius 3 is 2.48 bits per heavy atom. The Kier molecular flexibility index (Phi) is 4.89. The third kappa shape index (κ3) is 3.44. The Hall–Kier alpha value is -2.23. The van der Waals surface area contributed by atoms with Gasteiger partial charge in [0.15, 0.2) is 11.6 Å². The summed E-state index contributed by atoms with van der Waals surface area (Å²) in [6, 6.07) is 7.02. The third-order valence-electron chi connectivity index (χ3n) is 5.01. The van der Waals surface area contributed by atoms with E-state index in [1.165, 1.54) is 16.7 Å². The van der Waals surface area contributed by atoms with Crippen molar-refractivity contribution < 1.29 is 4.74 Å². The van der Waals surface area contributed by atoms with E-state index in [0.717, 1.165) is 41.6 Å². The van der Waals surface area contributed by atoms with Crippen LogP contribution in [0, 0.1) is 27.7 Å². The van der Waals surface area contributed by atoms with Crippen LogP contribution in [0.25, 0.3) is 0 Å². The quantitative estimate of drug-likeness (QED) is 0.845. The number of aryl methyl sites for hydroxylation is 4. The third-order valence-corrected chi connectivity index (χ3v) is 5.01. The van der Waals surface area contributed by atoms with Crippen LogP contribution in [0.5, 0.6) is 5.75 Å². The average Bonchev–Trinajstić information content (AvgIpc) is 2.56. The van der Waals surface area contributed by atoms with Gasteiger partial charge in [-0.3, -0.25) is 0 Å². The predicted octanol–water partition coefficient (Wildman–Crippen LogP) is 5.06. The molecule has 0 aliphatic carbocycles. The second kappa shape index (κ2) is 6.95. The van der Waals surface area contributed by atoms with Crippen LogP contribution in [0.2, 0.25) is 0 Å². The van der Waals surface area contributed by atoms with Crippen molar-refractivity contribution in [3.63, 3.8) is 0 Å². The average molecular weight is 339 g/mol. The number of benzene rings is 1. The predicted molar refractivity (Wildman–Crippen MR) is 106 cm³/mol. The maximum Gasteiger partial charge on any atom is 0.185 e. The van der Waals surface area contributed by atoms with E-state index in [1.807, 2.05) is 6.92 Å². The number of anilines is 3. The first-order chi connectivity index (χ1) is 11.9. The topological polar surface area (TPSA) is 37.4 Å². The lowest BCUT2D eigenvalue weighted by atomic mass is 10.0. The van der Waals surface area contributed by atoms with Crippen molar-refractivity contribution >= 4 is 17.2 Å². The Balaban J connectivity index is 2.05. The number of aromatic nitrogens is 1. The molecular formula is C21H29N3O. The SMILES string of the molecule is CCC(C)N1CCOc2c1cc(C)nc2Nc1c(C)cc(C)cc1C. The molecule has 25 heavy (non-hydrogen) atoms. The Morgan fingerprint density at radius 2 is 1.84 bits per heavy atom. The molecule has 0 saturated heterocycles. The molecule has 0 fully saturated rings. The highest BCUT2D eigenvalue weighted by Gasteiger charge is 2.26. The number of rotatable bonds is 4. The molecule has 0 bridgehead atoms. The molecule has 1 atom stereocenters. The van der Waals surface area contributed by atoms with E-state index in [-0.39, 0.29) is 0 Å². The van der Waals surface area contributed by atoms with Crippen LogP contribution in [-0.2, 0) is 0 Å². The van der Waals surface area contributed by atoms with Crippen molar-refractivity contribution in [2.45, 2.75) is 54.0 Å². The lowest BCUT2D eigenvalue weighted by molar-refractivity contribution is 0.301. The van der Waals surface area contributed by atoms with E-state index in [2.05, 4.69) is 63.0 Å². The van der Waals surface area contributed by atoms with Gasteiger partial charge < -0.3 is 15.0 Å². The zero-order chi connectivity index (χ0) is 18.1. The maximum absolute atomic E-state index is 6.04. The van der Waals surface area contributed by atoms with Gasteiger partial charge in [-0.2, -0.15) is 0 Å². The van der Waals surface area contributed by atoms with Crippen LogP contribution in [0.1, 0.15) is 42.7 Å². The lowest BCUT2D eigenvalue weighted by Crippen LogP contribution is -2.39. The van der Waals surface area contributed by atoms with E-state index in [1.54, 1.807) is 0 Å². The molecule has 0 radical (unpaired) electrons. The summed E-state index contributed by atoms with van der Waals surface area (Å²) >= 11 is 0. The van der Waals surface area contributed by atoms with Gasteiger partial charge in [0, 0.05) is 17.4 Å². The van der Waals surface area contributed by atoms with Crippen molar-refractivity contribution in [2.75, 3.05) is 23.4 Å². The number of ether oxygens (including phenoxy) is 1. The summed E-state index contributed by atoms with van der Waals surface area (Å²) in [5.41, 5.74) is 7.00. The van der Waals surface area contributed by atoms with Crippen LogP contribution in [0.3, 0.4) is 0 Å². The molecule has 134 valence electrons. The summed E-state index contributed by atoms with van der Waals surface area (Å²) in [4.78, 5) is 7.18. The number of nitrogens with one attached hydrogen (secondary N) is 1. The van der Waals surface area contributed by atoms with Crippen LogP contribution < -0.4 is 15.0 Å². The molecule has 1 aliphatic heterocycles. The van der Waals surface area contributed by atoms with Gasteiger partial charge in [0.05, 0.1) is 12.2 Å².